The first-order chi connectivity index (χ1) is 13.5. The number of piperazine rings is 1. The Hall–Kier alpha value is -1.57. The molecule has 1 amide bonds. The molecule has 3 rings (SSSR count). The van der Waals surface area contributed by atoms with Crippen molar-refractivity contribution in [2.45, 2.75) is 31.7 Å². The van der Waals surface area contributed by atoms with E-state index in [-0.39, 0.29) is 30.4 Å². The Bertz CT molecular complexity index is 645. The second-order valence-corrected chi connectivity index (χ2v) is 8.04. The Morgan fingerprint density at radius 1 is 1.14 bits per heavy atom. The lowest BCUT2D eigenvalue weighted by Gasteiger charge is -2.46. The second kappa shape index (κ2) is 9.76. The van der Waals surface area contributed by atoms with Gasteiger partial charge in [0.05, 0.1) is 6.42 Å². The van der Waals surface area contributed by atoms with E-state index in [0.717, 1.165) is 39.0 Å². The molecule has 0 radical (unpaired) electrons. The molecular weight excluding hydrogens is 364 g/mol. The zero-order chi connectivity index (χ0) is 20.1. The molecule has 1 N–H and O–H groups in total. The van der Waals surface area contributed by atoms with Crippen LogP contribution in [-0.2, 0) is 11.2 Å². The molecule has 5 nitrogen and oxygen atoms in total. The number of piperidine rings is 1. The summed E-state index contributed by atoms with van der Waals surface area (Å²) in [5, 5.41) is 9.28. The van der Waals surface area contributed by atoms with Crippen LogP contribution < -0.4 is 0 Å². The van der Waals surface area contributed by atoms with Crippen molar-refractivity contribution in [1.29, 1.82) is 0 Å². The molecule has 2 aliphatic heterocycles. The minimum absolute atomic E-state index is 0.139. The second-order valence-electron chi connectivity index (χ2n) is 8.04. The fourth-order valence-electron chi connectivity index (χ4n) is 4.48. The van der Waals surface area contributed by atoms with Crippen LogP contribution in [0.5, 0.6) is 0 Å². The van der Waals surface area contributed by atoms with Gasteiger partial charge >= 0.3 is 0 Å². The van der Waals surface area contributed by atoms with Crippen molar-refractivity contribution < 1.29 is 18.7 Å². The first-order valence-electron chi connectivity index (χ1n) is 10.2. The third-order valence-electron chi connectivity index (χ3n) is 6.18. The highest BCUT2D eigenvalue weighted by Crippen LogP contribution is 2.28. The van der Waals surface area contributed by atoms with Gasteiger partial charge in [0.15, 0.2) is 0 Å². The van der Waals surface area contributed by atoms with Gasteiger partial charge in [0.1, 0.15) is 11.6 Å². The van der Waals surface area contributed by atoms with E-state index in [4.69, 9.17) is 0 Å². The van der Waals surface area contributed by atoms with Gasteiger partial charge in [0.25, 0.3) is 0 Å². The van der Waals surface area contributed by atoms with Gasteiger partial charge in [-0.1, -0.05) is 6.07 Å². The molecule has 1 aromatic carbocycles. The number of carbonyl (C=O) groups is 1. The number of likely N-dealkylation sites (N-methyl/N-ethyl adjacent to an activating group) is 1. The number of hydrogen-bond acceptors (Lipinski definition) is 4. The number of likely N-dealkylation sites (tertiary alicyclic amines) is 1. The number of aliphatic hydroxyl groups excluding tert-OH is 1. The van der Waals surface area contributed by atoms with E-state index in [0.29, 0.717) is 25.6 Å². The third-order valence-corrected chi connectivity index (χ3v) is 6.18. The highest BCUT2D eigenvalue weighted by atomic mass is 19.1. The fraction of sp³-hybridized carbons (Fsp3) is 0.667. The number of rotatable bonds is 6. The summed E-state index contributed by atoms with van der Waals surface area (Å²) in [6, 6.07) is 4.09. The van der Waals surface area contributed by atoms with Crippen LogP contribution in [0.15, 0.2) is 18.2 Å². The molecule has 2 heterocycles. The number of carbonyl (C=O) groups excluding carboxylic acids is 1. The largest absolute Gasteiger partial charge is 0.396 e. The predicted octanol–water partition coefficient (Wildman–Crippen LogP) is 1.74. The molecule has 7 heteroatoms. The smallest absolute Gasteiger partial charge is 0.227 e. The van der Waals surface area contributed by atoms with Crippen molar-refractivity contribution in [2.24, 2.45) is 5.92 Å². The van der Waals surface area contributed by atoms with E-state index in [1.807, 2.05) is 0 Å². The molecule has 0 unspecified atom stereocenters. The first-order valence-corrected chi connectivity index (χ1v) is 10.2. The van der Waals surface area contributed by atoms with E-state index >= 15 is 0 Å². The number of benzene rings is 1. The summed E-state index contributed by atoms with van der Waals surface area (Å²) in [6.07, 6.45) is 2.18. The van der Waals surface area contributed by atoms with Gasteiger partial charge in [-0.2, -0.15) is 0 Å². The Balaban J connectivity index is 1.65. The van der Waals surface area contributed by atoms with Crippen molar-refractivity contribution in [3.05, 3.63) is 35.4 Å². The number of aliphatic hydroxyl groups is 1. The molecular formula is C21H31F2N3O2. The maximum absolute atomic E-state index is 13.9. The summed E-state index contributed by atoms with van der Waals surface area (Å²) in [5.74, 6) is -1.29. The van der Waals surface area contributed by atoms with E-state index in [2.05, 4.69) is 16.8 Å². The Kier molecular flexibility index (Phi) is 7.37. The summed E-state index contributed by atoms with van der Waals surface area (Å²) in [4.78, 5) is 19.3. The Labute approximate surface area is 165 Å². The number of hydrogen-bond donors (Lipinski definition) is 1. The van der Waals surface area contributed by atoms with Crippen molar-refractivity contribution in [2.75, 3.05) is 52.9 Å². The average molecular weight is 395 g/mol. The lowest BCUT2D eigenvalue weighted by molar-refractivity contribution is -0.133. The van der Waals surface area contributed by atoms with Gasteiger partial charge in [-0.15, -0.1) is 0 Å². The van der Waals surface area contributed by atoms with E-state index in [1.54, 1.807) is 4.90 Å². The first kappa shape index (κ1) is 21.1. The van der Waals surface area contributed by atoms with Crippen LogP contribution in [0, 0.1) is 17.6 Å². The van der Waals surface area contributed by atoms with Crippen molar-refractivity contribution >= 4 is 5.91 Å². The lowest BCUT2D eigenvalue weighted by Crippen LogP contribution is -2.57. The highest BCUT2D eigenvalue weighted by molar-refractivity contribution is 5.79. The van der Waals surface area contributed by atoms with Crippen LogP contribution in [0.3, 0.4) is 0 Å². The normalized spacial score (nSPS) is 24.5. The van der Waals surface area contributed by atoms with Gasteiger partial charge < -0.3 is 14.9 Å². The van der Waals surface area contributed by atoms with E-state index in [1.165, 1.54) is 18.2 Å². The molecule has 0 bridgehead atoms. The molecule has 2 aliphatic rings. The molecule has 0 aromatic heterocycles. The summed E-state index contributed by atoms with van der Waals surface area (Å²) in [5.41, 5.74) is -0.152. The number of amides is 1. The summed E-state index contributed by atoms with van der Waals surface area (Å²) in [6.45, 7) is 5.46. The van der Waals surface area contributed by atoms with E-state index in [9.17, 15) is 18.7 Å². The molecule has 0 aliphatic carbocycles. The zero-order valence-electron chi connectivity index (χ0n) is 16.6. The average Bonchev–Trinajstić information content (AvgIpc) is 2.69. The summed E-state index contributed by atoms with van der Waals surface area (Å²) in [7, 11) is 2.13. The number of halogens is 2. The summed E-state index contributed by atoms with van der Waals surface area (Å²) < 4.78 is 27.8. The third kappa shape index (κ3) is 5.07. The van der Waals surface area contributed by atoms with Gasteiger partial charge in [-0.25, -0.2) is 8.78 Å². The van der Waals surface area contributed by atoms with Crippen LogP contribution >= 0.6 is 0 Å². The quantitative estimate of drug-likeness (QED) is 0.797. The Morgan fingerprint density at radius 2 is 1.82 bits per heavy atom. The van der Waals surface area contributed by atoms with Crippen molar-refractivity contribution in [3.63, 3.8) is 0 Å². The minimum Gasteiger partial charge on any atom is -0.396 e. The molecule has 156 valence electrons. The fourth-order valence-corrected chi connectivity index (χ4v) is 4.48. The van der Waals surface area contributed by atoms with Crippen LogP contribution in [0.25, 0.3) is 0 Å². The van der Waals surface area contributed by atoms with E-state index < -0.39 is 11.6 Å². The monoisotopic (exact) mass is 395 g/mol. The molecule has 1 aromatic rings. The minimum atomic E-state index is -0.669. The molecule has 0 saturated carbocycles. The Morgan fingerprint density at radius 3 is 2.46 bits per heavy atom. The van der Waals surface area contributed by atoms with Crippen molar-refractivity contribution in [1.82, 2.24) is 14.7 Å². The molecule has 2 fully saturated rings. The standard InChI is InChI=1S/C21H31F2N3O2/c1-24-9-11-25(12-10-24)20-7-8-26(15-16(20)4-3-13-27)21(28)14-17-18(22)5-2-6-19(17)23/h2,5-6,16,20,27H,3-4,7-15H2,1H3/t16-,20+/m1/s1. The SMILES string of the molecule is CN1CCN([C@H]2CCN(C(=O)Cc3c(F)cccc3F)C[C@H]2CCCO)CC1. The van der Waals surface area contributed by atoms with Gasteiger partial charge in [0, 0.05) is 57.5 Å². The molecule has 2 atom stereocenters. The van der Waals surface area contributed by atoms with Gasteiger partial charge in [0.2, 0.25) is 5.91 Å². The van der Waals surface area contributed by atoms with Gasteiger partial charge in [-0.3, -0.25) is 9.69 Å². The number of nitrogens with zero attached hydrogens (tertiary/aromatic N) is 3. The van der Waals surface area contributed by atoms with Crippen LogP contribution in [0.1, 0.15) is 24.8 Å². The van der Waals surface area contributed by atoms with Crippen LogP contribution in [0.4, 0.5) is 8.78 Å². The topological polar surface area (TPSA) is 47.0 Å². The van der Waals surface area contributed by atoms with Crippen LogP contribution in [-0.4, -0.2) is 84.7 Å². The molecule has 0 spiro atoms. The summed E-state index contributed by atoms with van der Waals surface area (Å²) >= 11 is 0. The maximum Gasteiger partial charge on any atom is 0.227 e. The van der Waals surface area contributed by atoms with Crippen LogP contribution in [0.2, 0.25) is 0 Å². The van der Waals surface area contributed by atoms with Gasteiger partial charge in [-0.05, 0) is 44.4 Å². The predicted molar refractivity (Wildman–Crippen MR) is 104 cm³/mol. The lowest BCUT2D eigenvalue weighted by atomic mass is 9.86. The molecule has 2 saturated heterocycles. The molecule has 28 heavy (non-hydrogen) atoms. The highest BCUT2D eigenvalue weighted by Gasteiger charge is 2.35. The zero-order valence-corrected chi connectivity index (χ0v) is 16.6. The van der Waals surface area contributed by atoms with Crippen molar-refractivity contribution in [3.8, 4) is 0 Å². The maximum atomic E-state index is 13.9.